The SMILES string of the molecule is COc1c(Br)cc(Cl)cc1NC(C)c1ccc(Cl)c(F)c1. The van der Waals surface area contributed by atoms with E-state index in [1.807, 2.05) is 6.92 Å². The van der Waals surface area contributed by atoms with Gasteiger partial charge in [-0.1, -0.05) is 29.3 Å². The van der Waals surface area contributed by atoms with Gasteiger partial charge in [0.25, 0.3) is 0 Å². The number of hydrogen-bond acceptors (Lipinski definition) is 2. The fourth-order valence-electron chi connectivity index (χ4n) is 1.97. The molecule has 1 unspecified atom stereocenters. The average Bonchev–Trinajstić information content (AvgIpc) is 2.41. The first-order valence-electron chi connectivity index (χ1n) is 6.17. The molecule has 2 nitrogen and oxygen atoms in total. The van der Waals surface area contributed by atoms with Gasteiger partial charge in [0.05, 0.1) is 22.3 Å². The molecule has 0 aliphatic carbocycles. The smallest absolute Gasteiger partial charge is 0.156 e. The summed E-state index contributed by atoms with van der Waals surface area (Å²) in [5.74, 6) is 0.197. The Kier molecular flexibility index (Phi) is 5.36. The fourth-order valence-corrected chi connectivity index (χ4v) is 3.06. The summed E-state index contributed by atoms with van der Waals surface area (Å²) in [6, 6.07) is 8.08. The highest BCUT2D eigenvalue weighted by Gasteiger charge is 2.14. The van der Waals surface area contributed by atoms with E-state index < -0.39 is 5.82 Å². The third-order valence-electron chi connectivity index (χ3n) is 3.03. The van der Waals surface area contributed by atoms with E-state index in [0.717, 1.165) is 15.7 Å². The van der Waals surface area contributed by atoms with Crippen LogP contribution >= 0.6 is 39.1 Å². The van der Waals surface area contributed by atoms with E-state index in [2.05, 4.69) is 21.2 Å². The van der Waals surface area contributed by atoms with Crippen molar-refractivity contribution in [1.82, 2.24) is 0 Å². The number of halogens is 4. The van der Waals surface area contributed by atoms with Crippen molar-refractivity contribution in [3.05, 3.63) is 56.2 Å². The second-order valence-corrected chi connectivity index (χ2v) is 6.21. The van der Waals surface area contributed by atoms with Gasteiger partial charge in [0.2, 0.25) is 0 Å². The minimum atomic E-state index is -0.443. The minimum absolute atomic E-state index is 0.106. The van der Waals surface area contributed by atoms with Crippen molar-refractivity contribution in [3.8, 4) is 5.75 Å². The fraction of sp³-hybridized carbons (Fsp3) is 0.200. The van der Waals surface area contributed by atoms with Crippen LogP contribution < -0.4 is 10.1 Å². The Labute approximate surface area is 141 Å². The van der Waals surface area contributed by atoms with Gasteiger partial charge in [0.15, 0.2) is 5.75 Å². The molecular formula is C15H13BrCl2FNO. The van der Waals surface area contributed by atoms with Gasteiger partial charge in [-0.15, -0.1) is 0 Å². The summed E-state index contributed by atoms with van der Waals surface area (Å²) in [4.78, 5) is 0. The van der Waals surface area contributed by atoms with Gasteiger partial charge in [0, 0.05) is 11.1 Å². The Bertz CT molecular complexity index is 666. The first-order chi connectivity index (χ1) is 9.92. The monoisotopic (exact) mass is 391 g/mol. The molecule has 1 atom stereocenters. The topological polar surface area (TPSA) is 21.3 Å². The lowest BCUT2D eigenvalue weighted by atomic mass is 10.1. The minimum Gasteiger partial charge on any atom is -0.493 e. The molecule has 0 heterocycles. The standard InChI is InChI=1S/C15H13BrCl2FNO/c1-8(9-3-4-12(18)13(19)5-9)20-14-7-10(17)6-11(16)15(14)21-2/h3-8,20H,1-2H3. The third kappa shape index (κ3) is 3.82. The van der Waals surface area contributed by atoms with E-state index in [0.29, 0.717) is 10.8 Å². The highest BCUT2D eigenvalue weighted by molar-refractivity contribution is 9.10. The maximum atomic E-state index is 13.5. The van der Waals surface area contributed by atoms with Crippen LogP contribution in [-0.2, 0) is 0 Å². The van der Waals surface area contributed by atoms with E-state index >= 15 is 0 Å². The molecule has 6 heteroatoms. The molecular weight excluding hydrogens is 380 g/mol. The molecule has 0 radical (unpaired) electrons. The molecule has 0 bridgehead atoms. The van der Waals surface area contributed by atoms with Gasteiger partial charge >= 0.3 is 0 Å². The molecule has 0 amide bonds. The van der Waals surface area contributed by atoms with Crippen molar-refractivity contribution < 1.29 is 9.13 Å². The van der Waals surface area contributed by atoms with E-state index in [9.17, 15) is 4.39 Å². The molecule has 0 saturated carbocycles. The molecule has 0 aliphatic rings. The van der Waals surface area contributed by atoms with Crippen LogP contribution in [0.3, 0.4) is 0 Å². The lowest BCUT2D eigenvalue weighted by molar-refractivity contribution is 0.413. The number of anilines is 1. The van der Waals surface area contributed by atoms with Crippen LogP contribution in [0.5, 0.6) is 5.75 Å². The van der Waals surface area contributed by atoms with E-state index in [1.54, 1.807) is 25.3 Å². The van der Waals surface area contributed by atoms with Gasteiger partial charge in [-0.25, -0.2) is 4.39 Å². The number of hydrogen-bond donors (Lipinski definition) is 1. The zero-order valence-corrected chi connectivity index (χ0v) is 14.5. The van der Waals surface area contributed by atoms with Crippen molar-refractivity contribution in [3.63, 3.8) is 0 Å². The van der Waals surface area contributed by atoms with Crippen LogP contribution in [0.2, 0.25) is 10.0 Å². The van der Waals surface area contributed by atoms with Crippen molar-refractivity contribution >= 4 is 44.8 Å². The predicted molar refractivity (Wildman–Crippen MR) is 89.2 cm³/mol. The Hall–Kier alpha value is -0.970. The van der Waals surface area contributed by atoms with Gasteiger partial charge in [-0.3, -0.25) is 0 Å². The van der Waals surface area contributed by atoms with Crippen LogP contribution in [0.15, 0.2) is 34.8 Å². The number of methoxy groups -OCH3 is 1. The van der Waals surface area contributed by atoms with Gasteiger partial charge in [-0.05, 0) is 52.7 Å². The Morgan fingerprint density at radius 2 is 1.95 bits per heavy atom. The van der Waals surface area contributed by atoms with Gasteiger partial charge < -0.3 is 10.1 Å². The molecule has 0 spiro atoms. The molecule has 21 heavy (non-hydrogen) atoms. The van der Waals surface area contributed by atoms with Crippen LogP contribution in [0, 0.1) is 5.82 Å². The zero-order valence-electron chi connectivity index (χ0n) is 11.4. The van der Waals surface area contributed by atoms with Crippen molar-refractivity contribution in [2.24, 2.45) is 0 Å². The highest BCUT2D eigenvalue weighted by Crippen LogP contribution is 2.38. The first-order valence-corrected chi connectivity index (χ1v) is 7.71. The van der Waals surface area contributed by atoms with Gasteiger partial charge in [0.1, 0.15) is 5.82 Å². The van der Waals surface area contributed by atoms with Crippen LogP contribution in [0.25, 0.3) is 0 Å². The summed E-state index contributed by atoms with van der Waals surface area (Å²) < 4.78 is 19.6. The summed E-state index contributed by atoms with van der Waals surface area (Å²) in [6.45, 7) is 1.91. The number of rotatable bonds is 4. The Morgan fingerprint density at radius 3 is 2.57 bits per heavy atom. The van der Waals surface area contributed by atoms with Crippen molar-refractivity contribution in [2.45, 2.75) is 13.0 Å². The quantitative estimate of drug-likeness (QED) is 0.680. The first kappa shape index (κ1) is 16.4. The lowest BCUT2D eigenvalue weighted by Crippen LogP contribution is -2.08. The summed E-state index contributed by atoms with van der Waals surface area (Å²) >= 11 is 15.1. The van der Waals surface area contributed by atoms with E-state index in [4.69, 9.17) is 27.9 Å². The van der Waals surface area contributed by atoms with E-state index in [-0.39, 0.29) is 11.1 Å². The molecule has 0 fully saturated rings. The molecule has 2 aromatic carbocycles. The molecule has 2 rings (SSSR count). The van der Waals surface area contributed by atoms with Crippen molar-refractivity contribution in [1.29, 1.82) is 0 Å². The summed E-state index contributed by atoms with van der Waals surface area (Å²) in [5.41, 5.74) is 1.50. The molecule has 0 aromatic heterocycles. The highest BCUT2D eigenvalue weighted by atomic mass is 79.9. The van der Waals surface area contributed by atoms with E-state index in [1.165, 1.54) is 12.1 Å². The molecule has 2 aromatic rings. The van der Waals surface area contributed by atoms with Crippen LogP contribution in [-0.4, -0.2) is 7.11 Å². The average molecular weight is 393 g/mol. The van der Waals surface area contributed by atoms with Crippen LogP contribution in [0.4, 0.5) is 10.1 Å². The Morgan fingerprint density at radius 1 is 1.24 bits per heavy atom. The van der Waals surface area contributed by atoms with Gasteiger partial charge in [-0.2, -0.15) is 0 Å². The van der Waals surface area contributed by atoms with Crippen molar-refractivity contribution in [2.75, 3.05) is 12.4 Å². The van der Waals surface area contributed by atoms with Crippen LogP contribution in [0.1, 0.15) is 18.5 Å². The zero-order chi connectivity index (χ0) is 15.6. The second-order valence-electron chi connectivity index (χ2n) is 4.51. The third-order valence-corrected chi connectivity index (χ3v) is 4.14. The largest absolute Gasteiger partial charge is 0.493 e. The number of ether oxygens (including phenoxy) is 1. The maximum absolute atomic E-state index is 13.5. The number of benzene rings is 2. The molecule has 112 valence electrons. The normalized spacial score (nSPS) is 12.1. The summed E-state index contributed by atoms with van der Waals surface area (Å²) in [6.07, 6.45) is 0. The molecule has 0 aliphatic heterocycles. The summed E-state index contributed by atoms with van der Waals surface area (Å²) in [7, 11) is 1.58. The number of nitrogens with one attached hydrogen (secondary N) is 1. The Balaban J connectivity index is 2.30. The maximum Gasteiger partial charge on any atom is 0.156 e. The predicted octanol–water partition coefficient (Wildman–Crippen LogP) is 6.08. The summed E-state index contributed by atoms with van der Waals surface area (Å²) in [5, 5.41) is 3.93. The lowest BCUT2D eigenvalue weighted by Gasteiger charge is -2.19. The molecule has 1 N–H and O–H groups in total. The second kappa shape index (κ2) is 6.86. The molecule has 0 saturated heterocycles.